The number of nitro groups is 1. The van der Waals surface area contributed by atoms with Gasteiger partial charge in [0, 0.05) is 12.6 Å². The quantitative estimate of drug-likeness (QED) is 0.377. The standard InChI is InChI=1S/C18H19N3O7S/c1-3-19-29(26,27)14-10-8-13(9-11-14)18(23)28-12(2)17(22)20-15-6-4-5-7-16(15)21(24)25/h4-12,19H,3H2,1-2H3,(H,20,22). The van der Waals surface area contributed by atoms with Gasteiger partial charge in [0.05, 0.1) is 15.4 Å². The number of nitro benzene ring substituents is 1. The van der Waals surface area contributed by atoms with Crippen molar-refractivity contribution in [1.82, 2.24) is 4.72 Å². The maximum atomic E-state index is 12.2. The van der Waals surface area contributed by atoms with E-state index in [1.54, 1.807) is 6.92 Å². The Hall–Kier alpha value is -3.31. The van der Waals surface area contributed by atoms with Crippen LogP contribution >= 0.6 is 0 Å². The lowest BCUT2D eigenvalue weighted by Crippen LogP contribution is -2.30. The van der Waals surface area contributed by atoms with Crippen molar-refractivity contribution >= 4 is 33.3 Å². The Morgan fingerprint density at radius 2 is 1.76 bits per heavy atom. The molecule has 1 amide bonds. The van der Waals surface area contributed by atoms with Gasteiger partial charge in [-0.05, 0) is 37.3 Å². The molecule has 0 saturated heterocycles. The topological polar surface area (TPSA) is 145 Å². The zero-order valence-electron chi connectivity index (χ0n) is 15.6. The van der Waals surface area contributed by atoms with E-state index in [0.29, 0.717) is 0 Å². The molecule has 0 aliphatic rings. The zero-order chi connectivity index (χ0) is 21.6. The Morgan fingerprint density at radius 3 is 2.34 bits per heavy atom. The number of hydrogen-bond acceptors (Lipinski definition) is 7. The van der Waals surface area contributed by atoms with E-state index < -0.39 is 32.9 Å². The average Bonchev–Trinajstić information content (AvgIpc) is 2.68. The number of anilines is 1. The first-order chi connectivity index (χ1) is 13.7. The van der Waals surface area contributed by atoms with Crippen LogP contribution < -0.4 is 10.0 Å². The predicted octanol–water partition coefficient (Wildman–Crippen LogP) is 2.08. The van der Waals surface area contributed by atoms with E-state index in [4.69, 9.17) is 4.74 Å². The van der Waals surface area contributed by atoms with E-state index in [9.17, 15) is 28.1 Å². The minimum Gasteiger partial charge on any atom is -0.449 e. The normalized spacial score (nSPS) is 12.1. The summed E-state index contributed by atoms with van der Waals surface area (Å²) in [5, 5.41) is 13.3. The van der Waals surface area contributed by atoms with Crippen LogP contribution in [-0.2, 0) is 19.6 Å². The van der Waals surface area contributed by atoms with Gasteiger partial charge in [0.1, 0.15) is 5.69 Å². The largest absolute Gasteiger partial charge is 0.449 e. The highest BCUT2D eigenvalue weighted by molar-refractivity contribution is 7.89. The number of esters is 1. The molecule has 0 aliphatic heterocycles. The van der Waals surface area contributed by atoms with Crippen molar-refractivity contribution in [2.24, 2.45) is 0 Å². The summed E-state index contributed by atoms with van der Waals surface area (Å²) in [6.45, 7) is 3.17. The minimum atomic E-state index is -3.66. The van der Waals surface area contributed by atoms with Gasteiger partial charge in [-0.15, -0.1) is 0 Å². The third-order valence-electron chi connectivity index (χ3n) is 3.75. The number of amides is 1. The summed E-state index contributed by atoms with van der Waals surface area (Å²) in [7, 11) is -3.66. The van der Waals surface area contributed by atoms with Crippen LogP contribution in [0.5, 0.6) is 0 Å². The summed E-state index contributed by atoms with van der Waals surface area (Å²) >= 11 is 0. The second kappa shape index (κ2) is 9.26. The highest BCUT2D eigenvalue weighted by Crippen LogP contribution is 2.23. The molecule has 29 heavy (non-hydrogen) atoms. The van der Waals surface area contributed by atoms with Gasteiger partial charge in [-0.25, -0.2) is 17.9 Å². The number of carbonyl (C=O) groups is 2. The second-order valence-corrected chi connectivity index (χ2v) is 7.60. The maximum Gasteiger partial charge on any atom is 0.338 e. The van der Waals surface area contributed by atoms with Crippen LogP contribution in [0.4, 0.5) is 11.4 Å². The van der Waals surface area contributed by atoms with Gasteiger partial charge in [-0.3, -0.25) is 14.9 Å². The van der Waals surface area contributed by atoms with Crippen LogP contribution in [0.25, 0.3) is 0 Å². The Bertz CT molecular complexity index is 1020. The molecule has 0 spiro atoms. The first kappa shape index (κ1) is 22.0. The molecule has 1 unspecified atom stereocenters. The lowest BCUT2D eigenvalue weighted by Gasteiger charge is -2.14. The number of hydrogen-bond donors (Lipinski definition) is 2. The molecule has 2 aromatic rings. The van der Waals surface area contributed by atoms with Crippen LogP contribution in [0.2, 0.25) is 0 Å². The molecule has 2 rings (SSSR count). The Labute approximate surface area is 167 Å². The van der Waals surface area contributed by atoms with Gasteiger partial charge in [-0.2, -0.15) is 0 Å². The van der Waals surface area contributed by atoms with Gasteiger partial charge in [-0.1, -0.05) is 19.1 Å². The molecule has 0 heterocycles. The van der Waals surface area contributed by atoms with Gasteiger partial charge in [0.15, 0.2) is 6.10 Å². The molecule has 0 radical (unpaired) electrons. The van der Waals surface area contributed by atoms with E-state index in [1.807, 2.05) is 0 Å². The Morgan fingerprint density at radius 1 is 1.14 bits per heavy atom. The summed E-state index contributed by atoms with van der Waals surface area (Å²) in [5.41, 5.74) is -0.272. The van der Waals surface area contributed by atoms with Gasteiger partial charge in [0.25, 0.3) is 11.6 Å². The smallest absolute Gasteiger partial charge is 0.338 e. The van der Waals surface area contributed by atoms with E-state index in [2.05, 4.69) is 10.0 Å². The van der Waals surface area contributed by atoms with E-state index in [1.165, 1.54) is 55.5 Å². The Kier molecular flexibility index (Phi) is 7.02. The third-order valence-corrected chi connectivity index (χ3v) is 5.31. The SMILES string of the molecule is CCNS(=O)(=O)c1ccc(C(=O)OC(C)C(=O)Nc2ccccc2[N+](=O)[O-])cc1. The van der Waals surface area contributed by atoms with Crippen molar-refractivity contribution < 1.29 is 27.7 Å². The van der Waals surface area contributed by atoms with Crippen molar-refractivity contribution in [2.45, 2.75) is 24.8 Å². The number of nitrogens with one attached hydrogen (secondary N) is 2. The number of para-hydroxylation sites is 2. The lowest BCUT2D eigenvalue weighted by molar-refractivity contribution is -0.383. The van der Waals surface area contributed by atoms with Crippen molar-refractivity contribution in [2.75, 3.05) is 11.9 Å². The fraction of sp³-hybridized carbons (Fsp3) is 0.222. The van der Waals surface area contributed by atoms with Crippen molar-refractivity contribution in [1.29, 1.82) is 0 Å². The van der Waals surface area contributed by atoms with Crippen LogP contribution in [0.15, 0.2) is 53.4 Å². The molecule has 10 nitrogen and oxygen atoms in total. The maximum absolute atomic E-state index is 12.2. The third kappa shape index (κ3) is 5.59. The molecule has 1 atom stereocenters. The summed E-state index contributed by atoms with van der Waals surface area (Å²) in [6.07, 6.45) is -1.24. The first-order valence-electron chi connectivity index (χ1n) is 8.50. The molecule has 154 valence electrons. The summed E-state index contributed by atoms with van der Waals surface area (Å²) < 4.78 is 31.2. The molecule has 0 aromatic heterocycles. The van der Waals surface area contributed by atoms with Crippen LogP contribution in [0.3, 0.4) is 0 Å². The molecule has 2 N–H and O–H groups in total. The van der Waals surface area contributed by atoms with E-state index in [-0.39, 0.29) is 28.4 Å². The first-order valence-corrected chi connectivity index (χ1v) is 9.99. The summed E-state index contributed by atoms with van der Waals surface area (Å²) in [5.74, 6) is -1.60. The van der Waals surface area contributed by atoms with Crippen LogP contribution in [0.1, 0.15) is 24.2 Å². The van der Waals surface area contributed by atoms with Gasteiger partial charge in [0.2, 0.25) is 10.0 Å². The highest BCUT2D eigenvalue weighted by atomic mass is 32.2. The highest BCUT2D eigenvalue weighted by Gasteiger charge is 2.22. The molecule has 0 bridgehead atoms. The van der Waals surface area contributed by atoms with Crippen molar-refractivity contribution in [3.05, 3.63) is 64.2 Å². The fourth-order valence-corrected chi connectivity index (χ4v) is 3.34. The number of benzene rings is 2. The molecule has 11 heteroatoms. The van der Waals surface area contributed by atoms with Crippen molar-refractivity contribution in [3.8, 4) is 0 Å². The number of sulfonamides is 1. The monoisotopic (exact) mass is 421 g/mol. The lowest BCUT2D eigenvalue weighted by atomic mass is 10.2. The molecule has 0 fully saturated rings. The van der Waals surface area contributed by atoms with Gasteiger partial charge < -0.3 is 10.1 Å². The molecular weight excluding hydrogens is 402 g/mol. The number of ether oxygens (including phenoxy) is 1. The average molecular weight is 421 g/mol. The fourth-order valence-electron chi connectivity index (χ4n) is 2.30. The molecular formula is C18H19N3O7S. The van der Waals surface area contributed by atoms with Crippen molar-refractivity contribution in [3.63, 3.8) is 0 Å². The number of rotatable bonds is 8. The van der Waals surface area contributed by atoms with E-state index in [0.717, 1.165) is 0 Å². The predicted molar refractivity (Wildman–Crippen MR) is 104 cm³/mol. The number of nitrogens with zero attached hydrogens (tertiary/aromatic N) is 1. The summed E-state index contributed by atoms with van der Waals surface area (Å²) in [6, 6.07) is 10.6. The minimum absolute atomic E-state index is 0.0157. The zero-order valence-corrected chi connectivity index (χ0v) is 16.4. The molecule has 2 aromatic carbocycles. The summed E-state index contributed by atoms with van der Waals surface area (Å²) in [4.78, 5) is 34.7. The second-order valence-electron chi connectivity index (χ2n) is 5.84. The van der Waals surface area contributed by atoms with Gasteiger partial charge >= 0.3 is 5.97 Å². The van der Waals surface area contributed by atoms with E-state index >= 15 is 0 Å². The number of carbonyl (C=O) groups excluding carboxylic acids is 2. The Balaban J connectivity index is 2.05. The van der Waals surface area contributed by atoms with Crippen LogP contribution in [0, 0.1) is 10.1 Å². The van der Waals surface area contributed by atoms with Crippen LogP contribution in [-0.4, -0.2) is 37.9 Å². The molecule has 0 aliphatic carbocycles. The molecule has 0 saturated carbocycles.